The van der Waals surface area contributed by atoms with Crippen LogP contribution in [0.3, 0.4) is 0 Å². The largest absolute Gasteiger partial charge is 0.478 e. The lowest BCUT2D eigenvalue weighted by Gasteiger charge is -2.33. The molecule has 23 heavy (non-hydrogen) atoms. The molecular formula is C18H26N2O3. The molecule has 0 unspecified atom stereocenters. The molecular weight excluding hydrogens is 292 g/mol. The molecule has 5 heteroatoms. The summed E-state index contributed by atoms with van der Waals surface area (Å²) in [5.41, 5.74) is 1.46. The predicted molar refractivity (Wildman–Crippen MR) is 92.2 cm³/mol. The molecule has 2 N–H and O–H groups in total. The lowest BCUT2D eigenvalue weighted by Crippen LogP contribution is -2.34. The average Bonchev–Trinajstić information content (AvgIpc) is 2.53. The number of piperidine rings is 1. The molecule has 1 saturated heterocycles. The van der Waals surface area contributed by atoms with Gasteiger partial charge in [-0.3, -0.25) is 4.79 Å². The van der Waals surface area contributed by atoms with E-state index in [2.05, 4.69) is 17.1 Å². The van der Waals surface area contributed by atoms with Crippen LogP contribution in [0, 0.1) is 5.92 Å². The van der Waals surface area contributed by atoms with Gasteiger partial charge in [0.25, 0.3) is 0 Å². The number of hydrogen-bond donors (Lipinski definition) is 2. The minimum atomic E-state index is -1.01. The lowest BCUT2D eigenvalue weighted by atomic mass is 9.99. The summed E-state index contributed by atoms with van der Waals surface area (Å²) in [6.07, 6.45) is 4.50. The molecule has 1 atom stereocenters. The monoisotopic (exact) mass is 318 g/mol. The second kappa shape index (κ2) is 7.99. The fraction of sp³-hybridized carbons (Fsp3) is 0.556. The van der Waals surface area contributed by atoms with Gasteiger partial charge in [-0.2, -0.15) is 0 Å². The van der Waals surface area contributed by atoms with Crippen LogP contribution in [-0.2, 0) is 4.79 Å². The number of carboxylic acids is 1. The van der Waals surface area contributed by atoms with Gasteiger partial charge < -0.3 is 15.3 Å². The zero-order valence-electron chi connectivity index (χ0n) is 14.0. The van der Waals surface area contributed by atoms with Gasteiger partial charge in [-0.15, -0.1) is 0 Å². The molecule has 1 aliphatic heterocycles. The van der Waals surface area contributed by atoms with E-state index in [0.717, 1.165) is 38.0 Å². The van der Waals surface area contributed by atoms with Crippen LogP contribution in [0.5, 0.6) is 0 Å². The van der Waals surface area contributed by atoms with Crippen molar-refractivity contribution in [2.75, 3.05) is 23.3 Å². The van der Waals surface area contributed by atoms with E-state index in [1.165, 1.54) is 6.42 Å². The number of carboxylic acid groups (broad SMARTS) is 1. The maximum atomic E-state index is 11.9. The average molecular weight is 318 g/mol. The minimum Gasteiger partial charge on any atom is -0.478 e. The maximum absolute atomic E-state index is 11.9. The minimum absolute atomic E-state index is 0.131. The number of rotatable bonds is 6. The van der Waals surface area contributed by atoms with Crippen LogP contribution in [-0.4, -0.2) is 30.1 Å². The van der Waals surface area contributed by atoms with E-state index in [1.54, 1.807) is 12.1 Å². The summed E-state index contributed by atoms with van der Waals surface area (Å²) in [5.74, 6) is -0.526. The Labute approximate surface area is 137 Å². The van der Waals surface area contributed by atoms with Crippen molar-refractivity contribution in [3.05, 3.63) is 23.8 Å². The molecule has 0 radical (unpaired) electrons. The molecule has 0 aliphatic carbocycles. The second-order valence-electron chi connectivity index (χ2n) is 6.38. The maximum Gasteiger partial charge on any atom is 0.337 e. The van der Waals surface area contributed by atoms with Gasteiger partial charge in [-0.05, 0) is 43.4 Å². The Morgan fingerprint density at radius 1 is 1.39 bits per heavy atom. The van der Waals surface area contributed by atoms with E-state index < -0.39 is 5.97 Å². The molecule has 1 fully saturated rings. The Hall–Kier alpha value is -2.04. The van der Waals surface area contributed by atoms with E-state index in [1.807, 2.05) is 13.0 Å². The van der Waals surface area contributed by atoms with Crippen molar-refractivity contribution in [1.82, 2.24) is 0 Å². The van der Waals surface area contributed by atoms with Crippen molar-refractivity contribution >= 4 is 23.3 Å². The summed E-state index contributed by atoms with van der Waals surface area (Å²) in [6, 6.07) is 5.29. The number of nitrogens with zero attached hydrogens (tertiary/aromatic N) is 1. The van der Waals surface area contributed by atoms with E-state index in [0.29, 0.717) is 18.0 Å². The van der Waals surface area contributed by atoms with Crippen LogP contribution >= 0.6 is 0 Å². The van der Waals surface area contributed by atoms with Crippen LogP contribution < -0.4 is 10.2 Å². The number of benzene rings is 1. The normalized spacial score (nSPS) is 17.8. The summed E-state index contributed by atoms with van der Waals surface area (Å²) in [7, 11) is 0. The predicted octanol–water partition coefficient (Wildman–Crippen LogP) is 3.75. The number of aromatic carboxylic acids is 1. The Morgan fingerprint density at radius 3 is 2.83 bits per heavy atom. The van der Waals surface area contributed by atoms with Gasteiger partial charge in [-0.25, -0.2) is 4.79 Å². The summed E-state index contributed by atoms with van der Waals surface area (Å²) < 4.78 is 0. The fourth-order valence-electron chi connectivity index (χ4n) is 2.99. The molecule has 1 heterocycles. The molecule has 0 saturated carbocycles. The highest BCUT2D eigenvalue weighted by Crippen LogP contribution is 2.27. The van der Waals surface area contributed by atoms with E-state index in [4.69, 9.17) is 0 Å². The third-order valence-corrected chi connectivity index (χ3v) is 4.29. The highest BCUT2D eigenvalue weighted by atomic mass is 16.4. The lowest BCUT2D eigenvalue weighted by molar-refractivity contribution is -0.116. The number of anilines is 2. The number of amides is 1. The molecule has 1 amide bonds. The molecule has 126 valence electrons. The van der Waals surface area contributed by atoms with Gasteiger partial charge >= 0.3 is 5.97 Å². The van der Waals surface area contributed by atoms with Gasteiger partial charge in [0.05, 0.1) is 11.3 Å². The summed E-state index contributed by atoms with van der Waals surface area (Å²) in [5, 5.41) is 12.2. The Kier molecular flexibility index (Phi) is 6.02. The first kappa shape index (κ1) is 17.3. The molecule has 1 aromatic rings. The van der Waals surface area contributed by atoms with Crippen molar-refractivity contribution in [2.45, 2.75) is 46.0 Å². The highest BCUT2D eigenvalue weighted by Gasteiger charge is 2.19. The Balaban J connectivity index is 2.17. The summed E-state index contributed by atoms with van der Waals surface area (Å²) >= 11 is 0. The molecule has 0 spiro atoms. The highest BCUT2D eigenvalue weighted by molar-refractivity contribution is 6.01. The van der Waals surface area contributed by atoms with E-state index >= 15 is 0 Å². The third kappa shape index (κ3) is 4.71. The first-order valence-corrected chi connectivity index (χ1v) is 8.43. The van der Waals surface area contributed by atoms with Crippen molar-refractivity contribution < 1.29 is 14.7 Å². The summed E-state index contributed by atoms with van der Waals surface area (Å²) in [4.78, 5) is 25.6. The van der Waals surface area contributed by atoms with Crippen molar-refractivity contribution in [3.8, 4) is 0 Å². The topological polar surface area (TPSA) is 69.6 Å². The van der Waals surface area contributed by atoms with Crippen molar-refractivity contribution in [1.29, 1.82) is 0 Å². The smallest absolute Gasteiger partial charge is 0.337 e. The van der Waals surface area contributed by atoms with Gasteiger partial charge in [0.15, 0.2) is 0 Å². The molecule has 0 bridgehead atoms. The molecule has 2 rings (SSSR count). The Morgan fingerprint density at radius 2 is 2.17 bits per heavy atom. The zero-order valence-corrected chi connectivity index (χ0v) is 14.0. The van der Waals surface area contributed by atoms with Crippen LogP contribution in [0.1, 0.15) is 56.3 Å². The molecule has 1 aromatic carbocycles. The first-order chi connectivity index (χ1) is 11.0. The van der Waals surface area contributed by atoms with E-state index in [9.17, 15) is 14.7 Å². The van der Waals surface area contributed by atoms with E-state index in [-0.39, 0.29) is 11.5 Å². The fourth-order valence-corrected chi connectivity index (χ4v) is 2.99. The number of unbranched alkanes of at least 4 members (excludes halogenated alkanes) is 1. The molecule has 0 aromatic heterocycles. The van der Waals surface area contributed by atoms with Crippen LogP contribution in [0.4, 0.5) is 11.4 Å². The van der Waals surface area contributed by atoms with Gasteiger partial charge in [-0.1, -0.05) is 20.3 Å². The SMILES string of the molecule is CCCCC(=O)Nc1ccc(N2CCC[C@@H](C)C2)cc1C(=O)O. The Bertz CT molecular complexity index is 571. The summed E-state index contributed by atoms with van der Waals surface area (Å²) in [6.45, 7) is 6.13. The second-order valence-corrected chi connectivity index (χ2v) is 6.38. The van der Waals surface area contributed by atoms with Crippen LogP contribution in [0.2, 0.25) is 0 Å². The number of carbonyl (C=O) groups is 2. The van der Waals surface area contributed by atoms with Gasteiger partial charge in [0.1, 0.15) is 0 Å². The van der Waals surface area contributed by atoms with Crippen LogP contribution in [0.15, 0.2) is 18.2 Å². The molecule has 1 aliphatic rings. The zero-order chi connectivity index (χ0) is 16.8. The van der Waals surface area contributed by atoms with Gasteiger partial charge in [0, 0.05) is 25.2 Å². The number of hydrogen-bond acceptors (Lipinski definition) is 3. The third-order valence-electron chi connectivity index (χ3n) is 4.29. The van der Waals surface area contributed by atoms with Crippen molar-refractivity contribution in [3.63, 3.8) is 0 Å². The number of carbonyl (C=O) groups excluding carboxylic acids is 1. The quantitative estimate of drug-likeness (QED) is 0.838. The number of nitrogens with one attached hydrogen (secondary N) is 1. The molecule has 5 nitrogen and oxygen atoms in total. The van der Waals surface area contributed by atoms with Crippen molar-refractivity contribution in [2.24, 2.45) is 5.92 Å². The van der Waals surface area contributed by atoms with Gasteiger partial charge in [0.2, 0.25) is 5.91 Å². The first-order valence-electron chi connectivity index (χ1n) is 8.43. The standard InChI is InChI=1S/C18H26N2O3/c1-3-4-7-17(21)19-16-9-8-14(11-15(16)18(22)23)20-10-5-6-13(2)12-20/h8-9,11,13H,3-7,10,12H2,1-2H3,(H,19,21)(H,22,23)/t13-/m1/s1. The van der Waals surface area contributed by atoms with Crippen LogP contribution in [0.25, 0.3) is 0 Å².